The third-order valence-corrected chi connectivity index (χ3v) is 6.81. The van der Waals surface area contributed by atoms with E-state index in [0.717, 1.165) is 11.1 Å². The fourth-order valence-electron chi connectivity index (χ4n) is 5.31. The Labute approximate surface area is 190 Å². The molecule has 0 fully saturated rings. The second-order valence-electron chi connectivity index (χ2n) is 8.97. The van der Waals surface area contributed by atoms with Gasteiger partial charge in [-0.25, -0.2) is 0 Å². The van der Waals surface area contributed by atoms with E-state index in [4.69, 9.17) is 0 Å². The summed E-state index contributed by atoms with van der Waals surface area (Å²) in [7, 11) is 0. The van der Waals surface area contributed by atoms with Gasteiger partial charge in [0.05, 0.1) is 0 Å². The van der Waals surface area contributed by atoms with Crippen molar-refractivity contribution in [1.82, 2.24) is 0 Å². The monoisotopic (exact) mass is 410 g/mol. The number of unbranched alkanes of at least 4 members (excludes halogenated alkanes) is 6. The van der Waals surface area contributed by atoms with Crippen molar-refractivity contribution in [2.24, 2.45) is 0 Å². The van der Waals surface area contributed by atoms with Crippen LogP contribution in [0.3, 0.4) is 0 Å². The van der Waals surface area contributed by atoms with E-state index in [9.17, 15) is 0 Å². The van der Waals surface area contributed by atoms with E-state index in [1.807, 2.05) is 13.8 Å². The Balaban J connectivity index is 2.13. The van der Waals surface area contributed by atoms with Crippen molar-refractivity contribution in [3.05, 3.63) is 58.7 Å². The smallest absolute Gasteiger partial charge is 0.0248 e. The molecular weight excluding hydrogens is 372 g/mol. The van der Waals surface area contributed by atoms with Gasteiger partial charge in [0.2, 0.25) is 0 Å². The lowest BCUT2D eigenvalue weighted by Crippen LogP contribution is -2.26. The third kappa shape index (κ3) is 5.08. The minimum absolute atomic E-state index is 0.100. The van der Waals surface area contributed by atoms with Gasteiger partial charge in [-0.3, -0.25) is 0 Å². The predicted octanol–water partition coefficient (Wildman–Crippen LogP) is 8.64. The van der Waals surface area contributed by atoms with Crippen LogP contribution in [0.25, 0.3) is 11.1 Å². The van der Waals surface area contributed by atoms with Crippen LogP contribution in [0, 0.1) is 23.7 Å². The fraction of sp³-hybridized carbons (Fsp3) is 0.484. The summed E-state index contributed by atoms with van der Waals surface area (Å²) < 4.78 is 0. The molecule has 162 valence electrons. The van der Waals surface area contributed by atoms with Crippen LogP contribution in [0.4, 0.5) is 0 Å². The Bertz CT molecular complexity index is 916. The molecule has 31 heavy (non-hydrogen) atoms. The molecule has 1 aliphatic carbocycles. The van der Waals surface area contributed by atoms with Crippen molar-refractivity contribution < 1.29 is 0 Å². The SMILES string of the molecule is CC#Cc1ccc2c(c1)C(CCCCCC)(CCCCCC)c1cc(C#CC)ccc1-2. The topological polar surface area (TPSA) is 0 Å². The van der Waals surface area contributed by atoms with Crippen LogP contribution in [0.1, 0.15) is 114 Å². The molecule has 0 atom stereocenters. The maximum atomic E-state index is 3.31. The lowest BCUT2D eigenvalue weighted by Gasteiger charge is -2.33. The van der Waals surface area contributed by atoms with Gasteiger partial charge in [0, 0.05) is 16.5 Å². The molecule has 0 nitrogen and oxygen atoms in total. The Hall–Kier alpha value is -2.44. The van der Waals surface area contributed by atoms with E-state index in [-0.39, 0.29) is 5.41 Å². The van der Waals surface area contributed by atoms with Crippen LogP contribution in [0.15, 0.2) is 36.4 Å². The molecule has 3 rings (SSSR count). The van der Waals surface area contributed by atoms with E-state index in [1.54, 1.807) is 0 Å². The number of hydrogen-bond acceptors (Lipinski definition) is 0. The summed E-state index contributed by atoms with van der Waals surface area (Å²) in [5, 5.41) is 0. The van der Waals surface area contributed by atoms with Gasteiger partial charge in [0.1, 0.15) is 0 Å². The molecule has 0 bridgehead atoms. The number of rotatable bonds is 10. The second-order valence-corrected chi connectivity index (χ2v) is 8.97. The maximum Gasteiger partial charge on any atom is 0.0248 e. The second kappa shape index (κ2) is 11.3. The molecule has 0 aromatic heterocycles. The van der Waals surface area contributed by atoms with Gasteiger partial charge in [-0.1, -0.05) is 89.2 Å². The molecule has 0 aliphatic heterocycles. The molecule has 0 saturated carbocycles. The molecule has 1 aliphatic rings. The first-order valence-corrected chi connectivity index (χ1v) is 12.3. The molecule has 0 radical (unpaired) electrons. The minimum atomic E-state index is 0.100. The van der Waals surface area contributed by atoms with Crippen LogP contribution < -0.4 is 0 Å². The van der Waals surface area contributed by atoms with Gasteiger partial charge in [0.15, 0.2) is 0 Å². The zero-order chi connectivity index (χ0) is 22.1. The molecule has 2 aromatic rings. The van der Waals surface area contributed by atoms with Crippen LogP contribution in [-0.4, -0.2) is 0 Å². The molecule has 0 heterocycles. The number of benzene rings is 2. The highest BCUT2D eigenvalue weighted by atomic mass is 14.4. The molecule has 0 N–H and O–H groups in total. The molecular formula is C31H38. The van der Waals surface area contributed by atoms with Gasteiger partial charge in [-0.2, -0.15) is 0 Å². The van der Waals surface area contributed by atoms with E-state index in [2.05, 4.69) is 73.9 Å². The van der Waals surface area contributed by atoms with Crippen LogP contribution in [0.2, 0.25) is 0 Å². The summed E-state index contributed by atoms with van der Waals surface area (Å²) in [6.45, 7) is 8.46. The van der Waals surface area contributed by atoms with E-state index in [1.165, 1.54) is 86.5 Å². The molecule has 0 spiro atoms. The molecule has 0 amide bonds. The molecule has 0 unspecified atom stereocenters. The third-order valence-electron chi connectivity index (χ3n) is 6.81. The Kier molecular flexibility index (Phi) is 8.43. The zero-order valence-corrected chi connectivity index (χ0v) is 20.0. The van der Waals surface area contributed by atoms with Gasteiger partial charge in [-0.15, -0.1) is 11.8 Å². The van der Waals surface area contributed by atoms with E-state index >= 15 is 0 Å². The van der Waals surface area contributed by atoms with Crippen LogP contribution >= 0.6 is 0 Å². The Morgan fingerprint density at radius 1 is 0.613 bits per heavy atom. The fourth-order valence-corrected chi connectivity index (χ4v) is 5.31. The summed E-state index contributed by atoms with van der Waals surface area (Å²) >= 11 is 0. The molecule has 0 heteroatoms. The average Bonchev–Trinajstić information content (AvgIpc) is 3.04. The summed E-state index contributed by atoms with van der Waals surface area (Å²) in [5.41, 5.74) is 8.25. The highest BCUT2D eigenvalue weighted by Gasteiger charge is 2.42. The van der Waals surface area contributed by atoms with Gasteiger partial charge in [0.25, 0.3) is 0 Å². The van der Waals surface area contributed by atoms with Crippen LogP contribution in [-0.2, 0) is 5.41 Å². The van der Waals surface area contributed by atoms with Crippen molar-refractivity contribution in [1.29, 1.82) is 0 Å². The lowest BCUT2D eigenvalue weighted by molar-refractivity contribution is 0.401. The predicted molar refractivity (Wildman–Crippen MR) is 135 cm³/mol. The standard InChI is InChI=1S/C31H38/c1-5-9-11-13-21-31(22-14-12-10-6-2)29-23-25(15-7-3)17-19-27(29)28-20-18-26(16-8-4)24-30(28)31/h17-20,23-24H,5-6,9-14,21-22H2,1-4H3. The van der Waals surface area contributed by atoms with Crippen molar-refractivity contribution in [2.45, 2.75) is 97.3 Å². The first-order valence-electron chi connectivity index (χ1n) is 12.3. The van der Waals surface area contributed by atoms with Crippen molar-refractivity contribution in [3.8, 4) is 34.8 Å². The van der Waals surface area contributed by atoms with Crippen molar-refractivity contribution in [3.63, 3.8) is 0 Å². The van der Waals surface area contributed by atoms with Gasteiger partial charge >= 0.3 is 0 Å². The summed E-state index contributed by atoms with van der Waals surface area (Å²) in [6.07, 6.45) is 12.9. The molecule has 2 aromatic carbocycles. The first-order chi connectivity index (χ1) is 15.2. The number of hydrogen-bond donors (Lipinski definition) is 0. The van der Waals surface area contributed by atoms with E-state index < -0.39 is 0 Å². The normalized spacial score (nSPS) is 12.9. The maximum absolute atomic E-state index is 3.31. The highest BCUT2D eigenvalue weighted by molar-refractivity contribution is 5.82. The molecule has 0 saturated heterocycles. The minimum Gasteiger partial charge on any atom is -0.101 e. The lowest BCUT2D eigenvalue weighted by atomic mass is 9.70. The first kappa shape index (κ1) is 23.2. The summed E-state index contributed by atoms with van der Waals surface area (Å²) in [4.78, 5) is 0. The average molecular weight is 411 g/mol. The number of fused-ring (bicyclic) bond motifs is 3. The van der Waals surface area contributed by atoms with E-state index in [0.29, 0.717) is 0 Å². The summed E-state index contributed by atoms with van der Waals surface area (Å²) in [5.74, 6) is 12.8. The van der Waals surface area contributed by atoms with Crippen molar-refractivity contribution in [2.75, 3.05) is 0 Å². The van der Waals surface area contributed by atoms with Crippen LogP contribution in [0.5, 0.6) is 0 Å². The zero-order valence-electron chi connectivity index (χ0n) is 20.0. The Morgan fingerprint density at radius 3 is 1.45 bits per heavy atom. The Morgan fingerprint density at radius 2 is 1.06 bits per heavy atom. The van der Waals surface area contributed by atoms with Crippen molar-refractivity contribution >= 4 is 0 Å². The van der Waals surface area contributed by atoms with Gasteiger partial charge in [-0.05, 0) is 73.2 Å². The van der Waals surface area contributed by atoms with Gasteiger partial charge < -0.3 is 0 Å². The highest BCUT2D eigenvalue weighted by Crippen LogP contribution is 2.54. The largest absolute Gasteiger partial charge is 0.101 e. The quantitative estimate of drug-likeness (QED) is 0.271. The summed E-state index contributed by atoms with van der Waals surface area (Å²) in [6, 6.07) is 13.8.